The number of rotatable bonds is 8. The molecule has 5 nitrogen and oxygen atoms in total. The van der Waals surface area contributed by atoms with E-state index in [9.17, 15) is 9.18 Å². The molecule has 0 bridgehead atoms. The number of methoxy groups -OCH3 is 1. The second-order valence-electron chi connectivity index (χ2n) is 5.81. The molecule has 2 rings (SSSR count). The molecule has 0 aliphatic carbocycles. The van der Waals surface area contributed by atoms with Crippen LogP contribution in [-0.4, -0.2) is 31.6 Å². The molecule has 0 aromatic heterocycles. The molecule has 0 saturated carbocycles. The normalized spacial score (nSPS) is 10.1. The first kappa shape index (κ1) is 19.3. The lowest BCUT2D eigenvalue weighted by Crippen LogP contribution is -2.26. The molecule has 0 aliphatic rings. The highest BCUT2D eigenvalue weighted by atomic mass is 19.1. The zero-order valence-electron chi connectivity index (χ0n) is 14.9. The fraction of sp³-hybridized carbons (Fsp3) is 0.300. The first-order valence-electron chi connectivity index (χ1n) is 8.23. The minimum absolute atomic E-state index is 0.00952. The molecule has 0 atom stereocenters. The van der Waals surface area contributed by atoms with Gasteiger partial charge in [0.05, 0.1) is 25.3 Å². The zero-order valence-corrected chi connectivity index (χ0v) is 14.9. The molecule has 0 spiro atoms. The highest BCUT2D eigenvalue weighted by Gasteiger charge is 2.10. The minimum atomic E-state index is -0.293. The van der Waals surface area contributed by atoms with Crippen LogP contribution >= 0.6 is 0 Å². The summed E-state index contributed by atoms with van der Waals surface area (Å²) in [6.07, 6.45) is 0.895. The van der Waals surface area contributed by atoms with Gasteiger partial charge in [0.15, 0.2) is 11.5 Å². The summed E-state index contributed by atoms with van der Waals surface area (Å²) < 4.78 is 23.7. The van der Waals surface area contributed by atoms with E-state index in [0.29, 0.717) is 43.1 Å². The van der Waals surface area contributed by atoms with Crippen molar-refractivity contribution in [1.82, 2.24) is 4.90 Å². The Morgan fingerprint density at radius 1 is 1.19 bits per heavy atom. The van der Waals surface area contributed by atoms with Crippen molar-refractivity contribution >= 4 is 5.91 Å². The Kier molecular flexibility index (Phi) is 6.98. The van der Waals surface area contributed by atoms with Gasteiger partial charge in [-0.2, -0.15) is 5.26 Å². The monoisotopic (exact) mass is 356 g/mol. The Hall–Kier alpha value is -3.07. The maximum Gasteiger partial charge on any atom is 0.222 e. The van der Waals surface area contributed by atoms with Gasteiger partial charge in [-0.15, -0.1) is 0 Å². The van der Waals surface area contributed by atoms with Crippen molar-refractivity contribution in [1.29, 1.82) is 5.26 Å². The first-order valence-corrected chi connectivity index (χ1v) is 8.23. The van der Waals surface area contributed by atoms with Gasteiger partial charge in [0.2, 0.25) is 5.91 Å². The van der Waals surface area contributed by atoms with Crippen molar-refractivity contribution in [2.75, 3.05) is 20.8 Å². The third-order valence-electron chi connectivity index (χ3n) is 3.84. The number of halogens is 1. The molecule has 0 heterocycles. The van der Waals surface area contributed by atoms with E-state index in [2.05, 4.69) is 0 Å². The summed E-state index contributed by atoms with van der Waals surface area (Å²) in [5.41, 5.74) is 1.37. The van der Waals surface area contributed by atoms with Gasteiger partial charge < -0.3 is 14.4 Å². The smallest absolute Gasteiger partial charge is 0.222 e. The van der Waals surface area contributed by atoms with Crippen LogP contribution in [0.3, 0.4) is 0 Å². The lowest BCUT2D eigenvalue weighted by atomic mass is 10.2. The number of nitrogens with zero attached hydrogens (tertiary/aromatic N) is 2. The molecule has 0 fully saturated rings. The summed E-state index contributed by atoms with van der Waals surface area (Å²) in [6.45, 7) is 0.793. The fourth-order valence-electron chi connectivity index (χ4n) is 2.40. The van der Waals surface area contributed by atoms with Crippen molar-refractivity contribution in [2.24, 2.45) is 0 Å². The van der Waals surface area contributed by atoms with E-state index in [0.717, 1.165) is 5.56 Å². The second kappa shape index (κ2) is 9.42. The Balaban J connectivity index is 1.77. The van der Waals surface area contributed by atoms with Crippen LogP contribution in [-0.2, 0) is 11.3 Å². The Labute approximate surface area is 152 Å². The second-order valence-corrected chi connectivity index (χ2v) is 5.81. The number of amides is 1. The summed E-state index contributed by atoms with van der Waals surface area (Å²) in [7, 11) is 3.23. The summed E-state index contributed by atoms with van der Waals surface area (Å²) in [4.78, 5) is 13.8. The number of hydrogen-bond donors (Lipinski definition) is 0. The van der Waals surface area contributed by atoms with Crippen LogP contribution in [0.1, 0.15) is 24.0 Å². The quantitative estimate of drug-likeness (QED) is 0.679. The molecular weight excluding hydrogens is 335 g/mol. The van der Waals surface area contributed by atoms with E-state index < -0.39 is 0 Å². The molecule has 6 heteroatoms. The predicted octanol–water partition coefficient (Wildman–Crippen LogP) is 3.52. The average Bonchev–Trinajstić information content (AvgIpc) is 2.66. The van der Waals surface area contributed by atoms with Crippen LogP contribution in [0.4, 0.5) is 4.39 Å². The number of hydrogen-bond acceptors (Lipinski definition) is 4. The van der Waals surface area contributed by atoms with Crippen molar-refractivity contribution < 1.29 is 18.7 Å². The molecule has 26 heavy (non-hydrogen) atoms. The third-order valence-corrected chi connectivity index (χ3v) is 3.84. The van der Waals surface area contributed by atoms with Crippen LogP contribution in [0.15, 0.2) is 42.5 Å². The molecule has 0 aliphatic heterocycles. The maximum absolute atomic E-state index is 12.9. The minimum Gasteiger partial charge on any atom is -0.493 e. The number of carbonyl (C=O) groups is 1. The Morgan fingerprint density at radius 2 is 1.92 bits per heavy atom. The van der Waals surface area contributed by atoms with E-state index >= 15 is 0 Å². The number of ether oxygens (including phenoxy) is 2. The van der Waals surface area contributed by atoms with Crippen molar-refractivity contribution in [2.45, 2.75) is 19.4 Å². The topological polar surface area (TPSA) is 62.6 Å². The van der Waals surface area contributed by atoms with Gasteiger partial charge in [-0.3, -0.25) is 4.79 Å². The molecule has 0 saturated heterocycles. The lowest BCUT2D eigenvalue weighted by molar-refractivity contribution is -0.130. The standard InChI is InChI=1S/C20H21FN2O3/c1-23(14-15-5-8-17(21)9-6-15)20(24)4-3-11-26-18-10-7-16(13-22)12-19(18)25-2/h5-10,12H,3-4,11,14H2,1-2H3. The third kappa shape index (κ3) is 5.49. The number of carbonyl (C=O) groups excluding carboxylic acids is 1. The van der Waals surface area contributed by atoms with Gasteiger partial charge in [0.1, 0.15) is 5.82 Å². The van der Waals surface area contributed by atoms with Gasteiger partial charge in [-0.05, 0) is 36.2 Å². The van der Waals surface area contributed by atoms with Crippen LogP contribution in [0.2, 0.25) is 0 Å². The van der Waals surface area contributed by atoms with Crippen LogP contribution < -0.4 is 9.47 Å². The summed E-state index contributed by atoms with van der Waals surface area (Å²) in [6, 6.07) is 13.1. The highest BCUT2D eigenvalue weighted by molar-refractivity contribution is 5.75. The van der Waals surface area contributed by atoms with Gasteiger partial charge in [0, 0.05) is 26.1 Å². The van der Waals surface area contributed by atoms with Crippen LogP contribution in [0.25, 0.3) is 0 Å². The van der Waals surface area contributed by atoms with Gasteiger partial charge >= 0.3 is 0 Å². The van der Waals surface area contributed by atoms with E-state index in [-0.39, 0.29) is 11.7 Å². The fourth-order valence-corrected chi connectivity index (χ4v) is 2.40. The predicted molar refractivity (Wildman–Crippen MR) is 95.3 cm³/mol. The number of benzene rings is 2. The Morgan fingerprint density at radius 3 is 2.58 bits per heavy atom. The van der Waals surface area contributed by atoms with E-state index in [4.69, 9.17) is 14.7 Å². The van der Waals surface area contributed by atoms with Crippen LogP contribution in [0.5, 0.6) is 11.5 Å². The molecule has 2 aromatic carbocycles. The van der Waals surface area contributed by atoms with Gasteiger partial charge in [-0.25, -0.2) is 4.39 Å². The summed E-state index contributed by atoms with van der Waals surface area (Å²) >= 11 is 0. The summed E-state index contributed by atoms with van der Waals surface area (Å²) in [5, 5.41) is 8.89. The van der Waals surface area contributed by atoms with Gasteiger partial charge in [0.25, 0.3) is 0 Å². The van der Waals surface area contributed by atoms with E-state index in [1.54, 1.807) is 42.3 Å². The Bertz CT molecular complexity index is 785. The van der Waals surface area contributed by atoms with Gasteiger partial charge in [-0.1, -0.05) is 12.1 Å². The molecular formula is C20H21FN2O3. The van der Waals surface area contributed by atoms with Crippen LogP contribution in [0, 0.1) is 17.1 Å². The molecule has 136 valence electrons. The average molecular weight is 356 g/mol. The number of nitriles is 1. The van der Waals surface area contributed by atoms with E-state index in [1.165, 1.54) is 19.2 Å². The first-order chi connectivity index (χ1) is 12.5. The maximum atomic E-state index is 12.9. The molecule has 1 amide bonds. The van der Waals surface area contributed by atoms with E-state index in [1.807, 2.05) is 6.07 Å². The molecule has 0 unspecified atom stereocenters. The largest absolute Gasteiger partial charge is 0.493 e. The van der Waals surface area contributed by atoms with Crippen molar-refractivity contribution in [3.63, 3.8) is 0 Å². The lowest BCUT2D eigenvalue weighted by Gasteiger charge is -2.17. The van der Waals surface area contributed by atoms with Crippen molar-refractivity contribution in [3.05, 3.63) is 59.4 Å². The SMILES string of the molecule is COc1cc(C#N)ccc1OCCCC(=O)N(C)Cc1ccc(F)cc1. The zero-order chi connectivity index (χ0) is 18.9. The molecule has 0 radical (unpaired) electrons. The molecule has 0 N–H and O–H groups in total. The van der Waals surface area contributed by atoms with Crippen molar-refractivity contribution in [3.8, 4) is 17.6 Å². The highest BCUT2D eigenvalue weighted by Crippen LogP contribution is 2.27. The summed E-state index contributed by atoms with van der Waals surface area (Å²) in [5.74, 6) is 0.727. The molecule has 2 aromatic rings.